The number of hydrogen-bond acceptors (Lipinski definition) is 6. The van der Waals surface area contributed by atoms with Crippen molar-refractivity contribution in [3.05, 3.63) is 60.4 Å². The molecule has 3 aromatic rings. The Kier molecular flexibility index (Phi) is 4.86. The van der Waals surface area contributed by atoms with Crippen LogP contribution >= 0.6 is 0 Å². The summed E-state index contributed by atoms with van der Waals surface area (Å²) in [5.74, 6) is 0.987. The van der Waals surface area contributed by atoms with Crippen molar-refractivity contribution < 1.29 is 13.2 Å². The minimum Gasteiger partial charge on any atom is -0.494 e. The lowest BCUT2D eigenvalue weighted by Gasteiger charge is -2.11. The molecule has 0 aliphatic rings. The number of sulfonamides is 1. The van der Waals surface area contributed by atoms with Crippen LogP contribution in [0.2, 0.25) is 0 Å². The first-order valence-electron chi connectivity index (χ1n) is 7.70. The van der Waals surface area contributed by atoms with Crippen molar-refractivity contribution in [3.8, 4) is 17.6 Å². The zero-order valence-electron chi connectivity index (χ0n) is 13.8. The molecule has 0 bridgehead atoms. The van der Waals surface area contributed by atoms with E-state index < -0.39 is 10.0 Å². The molecule has 0 saturated heterocycles. The Balaban J connectivity index is 1.97. The first-order valence-corrected chi connectivity index (χ1v) is 9.18. The molecule has 3 rings (SSSR count). The molecule has 8 nitrogen and oxygen atoms in total. The highest BCUT2D eigenvalue weighted by molar-refractivity contribution is 7.92. The Morgan fingerprint density at radius 1 is 1.23 bits per heavy atom. The number of nitrogens with zero attached hydrogens (tertiary/aromatic N) is 4. The molecule has 1 aromatic carbocycles. The van der Waals surface area contributed by atoms with Gasteiger partial charge in [0.05, 0.1) is 17.7 Å². The van der Waals surface area contributed by atoms with Crippen molar-refractivity contribution >= 4 is 15.8 Å². The van der Waals surface area contributed by atoms with Gasteiger partial charge in [-0.15, -0.1) is 0 Å². The lowest BCUT2D eigenvalue weighted by molar-refractivity contribution is 0.340. The molecule has 0 atom stereocenters. The molecular weight excluding hydrogens is 354 g/mol. The van der Waals surface area contributed by atoms with E-state index in [1.165, 1.54) is 23.0 Å². The van der Waals surface area contributed by atoms with Gasteiger partial charge in [-0.05, 0) is 43.3 Å². The molecule has 0 spiro atoms. The van der Waals surface area contributed by atoms with Gasteiger partial charge < -0.3 is 4.74 Å². The summed E-state index contributed by atoms with van der Waals surface area (Å²) in [5.41, 5.74) is 0.0881. The zero-order chi connectivity index (χ0) is 18.6. The average molecular weight is 369 g/mol. The maximum atomic E-state index is 12.7. The average Bonchev–Trinajstić information content (AvgIpc) is 3.05. The van der Waals surface area contributed by atoms with Crippen molar-refractivity contribution in [2.24, 2.45) is 0 Å². The number of nitriles is 1. The third-order valence-corrected chi connectivity index (χ3v) is 4.79. The first-order chi connectivity index (χ1) is 12.5. The van der Waals surface area contributed by atoms with Gasteiger partial charge in [0, 0.05) is 6.20 Å². The minimum atomic E-state index is -3.92. The summed E-state index contributed by atoms with van der Waals surface area (Å²) in [6, 6.07) is 13.0. The summed E-state index contributed by atoms with van der Waals surface area (Å²) in [4.78, 5) is 4.17. The second-order valence-corrected chi connectivity index (χ2v) is 6.81. The van der Waals surface area contributed by atoms with E-state index in [1.54, 1.807) is 36.5 Å². The summed E-state index contributed by atoms with van der Waals surface area (Å²) in [6.07, 6.45) is 2.83. The monoisotopic (exact) mass is 369 g/mol. The fraction of sp³-hybridized carbons (Fsp3) is 0.118. The van der Waals surface area contributed by atoms with Gasteiger partial charge in [-0.3, -0.25) is 4.72 Å². The smallest absolute Gasteiger partial charge is 0.263 e. The maximum Gasteiger partial charge on any atom is 0.263 e. The van der Waals surface area contributed by atoms with Crippen LogP contribution in [0.4, 0.5) is 5.82 Å². The highest BCUT2D eigenvalue weighted by Crippen LogP contribution is 2.23. The predicted octanol–water partition coefficient (Wildman–Crippen LogP) is 2.34. The maximum absolute atomic E-state index is 12.7. The van der Waals surface area contributed by atoms with E-state index in [0.29, 0.717) is 18.2 Å². The molecule has 1 N–H and O–H groups in total. The second kappa shape index (κ2) is 7.25. The molecule has 9 heteroatoms. The van der Waals surface area contributed by atoms with Gasteiger partial charge in [0.2, 0.25) is 0 Å². The van der Waals surface area contributed by atoms with Gasteiger partial charge in [0.15, 0.2) is 11.6 Å². The van der Waals surface area contributed by atoms with E-state index in [9.17, 15) is 13.7 Å². The van der Waals surface area contributed by atoms with Gasteiger partial charge in [0.1, 0.15) is 17.4 Å². The lowest BCUT2D eigenvalue weighted by Crippen LogP contribution is -2.17. The predicted molar refractivity (Wildman–Crippen MR) is 94.5 cm³/mol. The van der Waals surface area contributed by atoms with Crippen molar-refractivity contribution in [2.75, 3.05) is 11.3 Å². The Morgan fingerprint density at radius 2 is 2.00 bits per heavy atom. The molecule has 0 aliphatic carbocycles. The van der Waals surface area contributed by atoms with Crippen molar-refractivity contribution in [3.63, 3.8) is 0 Å². The van der Waals surface area contributed by atoms with Gasteiger partial charge in [-0.25, -0.2) is 13.4 Å². The van der Waals surface area contributed by atoms with Gasteiger partial charge >= 0.3 is 0 Å². The van der Waals surface area contributed by atoms with Crippen molar-refractivity contribution in [2.45, 2.75) is 11.8 Å². The van der Waals surface area contributed by atoms with Gasteiger partial charge in [-0.1, -0.05) is 6.07 Å². The summed E-state index contributed by atoms with van der Waals surface area (Å²) in [5, 5.41) is 13.3. The van der Waals surface area contributed by atoms with E-state index in [-0.39, 0.29) is 16.3 Å². The molecule has 132 valence electrons. The number of benzene rings is 1. The number of hydrogen-bond donors (Lipinski definition) is 1. The van der Waals surface area contributed by atoms with E-state index >= 15 is 0 Å². The van der Waals surface area contributed by atoms with Crippen LogP contribution in [-0.4, -0.2) is 29.8 Å². The third kappa shape index (κ3) is 3.50. The number of aromatic nitrogens is 3. The standard InChI is InChI=1S/C17H15N5O3S/c1-2-25-14-6-8-15(9-7-14)26(23,24)21-17-13(11-18)12-20-22(17)16-5-3-4-10-19-16/h3-10,12,21H,2H2,1H3. The minimum absolute atomic E-state index is 0.0279. The number of rotatable bonds is 6. The van der Waals surface area contributed by atoms with Gasteiger partial charge in [-0.2, -0.15) is 15.0 Å². The Bertz CT molecular complexity index is 1040. The number of nitrogens with one attached hydrogen (secondary N) is 1. The molecule has 0 aliphatic heterocycles. The van der Waals surface area contributed by atoms with Crippen molar-refractivity contribution in [1.82, 2.24) is 14.8 Å². The molecule has 0 radical (unpaired) electrons. The van der Waals surface area contributed by atoms with Gasteiger partial charge in [0.25, 0.3) is 10.0 Å². The summed E-state index contributed by atoms with van der Waals surface area (Å²) in [7, 11) is -3.92. The van der Waals surface area contributed by atoms with E-state index in [2.05, 4.69) is 14.8 Å². The highest BCUT2D eigenvalue weighted by Gasteiger charge is 2.21. The zero-order valence-corrected chi connectivity index (χ0v) is 14.6. The Morgan fingerprint density at radius 3 is 2.62 bits per heavy atom. The topological polar surface area (TPSA) is 110 Å². The summed E-state index contributed by atoms with van der Waals surface area (Å²) >= 11 is 0. The second-order valence-electron chi connectivity index (χ2n) is 5.13. The fourth-order valence-corrected chi connectivity index (χ4v) is 3.31. The molecule has 2 aromatic heterocycles. The van der Waals surface area contributed by atoms with Crippen LogP contribution in [-0.2, 0) is 10.0 Å². The molecule has 0 unspecified atom stereocenters. The van der Waals surface area contributed by atoms with Crippen LogP contribution in [0.3, 0.4) is 0 Å². The van der Waals surface area contributed by atoms with E-state index in [0.717, 1.165) is 0 Å². The highest BCUT2D eigenvalue weighted by atomic mass is 32.2. The largest absolute Gasteiger partial charge is 0.494 e. The first kappa shape index (κ1) is 17.4. The number of pyridine rings is 1. The molecule has 26 heavy (non-hydrogen) atoms. The molecule has 0 fully saturated rings. The van der Waals surface area contributed by atoms with Crippen molar-refractivity contribution in [1.29, 1.82) is 5.26 Å². The lowest BCUT2D eigenvalue weighted by atomic mass is 10.3. The van der Waals surface area contributed by atoms with Crippen LogP contribution in [0.15, 0.2) is 59.8 Å². The van der Waals surface area contributed by atoms with Crippen LogP contribution in [0.1, 0.15) is 12.5 Å². The van der Waals surface area contributed by atoms with Crippen LogP contribution in [0.25, 0.3) is 5.82 Å². The van der Waals surface area contributed by atoms with E-state index in [4.69, 9.17) is 4.74 Å². The molecule has 0 saturated carbocycles. The van der Waals surface area contributed by atoms with Crippen LogP contribution in [0.5, 0.6) is 5.75 Å². The Hall–Kier alpha value is -3.38. The Labute approximate surface area is 150 Å². The summed E-state index contributed by atoms with van der Waals surface area (Å²) in [6.45, 7) is 2.33. The molecule has 2 heterocycles. The number of ether oxygens (including phenoxy) is 1. The van der Waals surface area contributed by atoms with E-state index in [1.807, 2.05) is 13.0 Å². The summed E-state index contributed by atoms with van der Waals surface area (Å²) < 4.78 is 34.4. The number of anilines is 1. The SMILES string of the molecule is CCOc1ccc(S(=O)(=O)Nc2c(C#N)cnn2-c2ccccn2)cc1. The fourth-order valence-electron chi connectivity index (χ4n) is 2.25. The molecular formula is C17H15N5O3S. The quantitative estimate of drug-likeness (QED) is 0.714. The van der Waals surface area contributed by atoms with Crippen LogP contribution in [0, 0.1) is 11.3 Å². The van der Waals surface area contributed by atoms with Crippen LogP contribution < -0.4 is 9.46 Å². The third-order valence-electron chi connectivity index (χ3n) is 3.43. The molecule has 0 amide bonds. The normalized spacial score (nSPS) is 10.9.